The third-order valence-corrected chi connectivity index (χ3v) is 6.22. The molecule has 1 heterocycles. The Labute approximate surface area is 149 Å². The minimum Gasteiger partial charge on any atom is -0.508 e. The van der Waals surface area contributed by atoms with E-state index in [-0.39, 0.29) is 18.8 Å². The van der Waals surface area contributed by atoms with Gasteiger partial charge in [-0.2, -0.15) is 17.5 Å². The summed E-state index contributed by atoms with van der Waals surface area (Å²) < 4.78 is 66.0. The van der Waals surface area contributed by atoms with Gasteiger partial charge in [0.05, 0.1) is 10.5 Å². The average molecular weight is 386 g/mol. The normalized spacial score (nSPS) is 16.7. The van der Waals surface area contributed by atoms with E-state index in [2.05, 4.69) is 0 Å². The number of aromatic hydroxyl groups is 1. The van der Waals surface area contributed by atoms with E-state index < -0.39 is 26.7 Å². The van der Waals surface area contributed by atoms with Gasteiger partial charge < -0.3 is 10.0 Å². The summed E-state index contributed by atoms with van der Waals surface area (Å²) in [6.45, 7) is 0.848. The van der Waals surface area contributed by atoms with Crippen molar-refractivity contribution in [2.45, 2.75) is 11.1 Å². The van der Waals surface area contributed by atoms with Gasteiger partial charge in [-0.05, 0) is 36.4 Å². The lowest BCUT2D eigenvalue weighted by Gasteiger charge is -2.35. The Balaban J connectivity index is 1.80. The maximum absolute atomic E-state index is 13.2. The standard InChI is InChI=1S/C17H17F3N2O3S/c18-17(19,20)15-3-1-2-4-16(15)26(24,25)22-11-9-21(10-12-22)13-5-7-14(23)8-6-13/h1-8,23H,9-12H2. The lowest BCUT2D eigenvalue weighted by atomic mass is 10.2. The molecule has 0 saturated carbocycles. The van der Waals surface area contributed by atoms with Crippen LogP contribution in [0.4, 0.5) is 18.9 Å². The van der Waals surface area contributed by atoms with Crippen LogP contribution in [0.5, 0.6) is 5.75 Å². The van der Waals surface area contributed by atoms with Gasteiger partial charge in [-0.1, -0.05) is 12.1 Å². The first-order valence-corrected chi connectivity index (χ1v) is 9.34. The van der Waals surface area contributed by atoms with E-state index in [0.29, 0.717) is 13.1 Å². The number of hydrogen-bond acceptors (Lipinski definition) is 4. The SMILES string of the molecule is O=S(=O)(c1ccccc1C(F)(F)F)N1CCN(c2ccc(O)cc2)CC1. The van der Waals surface area contributed by atoms with E-state index in [9.17, 15) is 26.7 Å². The molecule has 0 aromatic heterocycles. The van der Waals surface area contributed by atoms with Crippen LogP contribution in [0, 0.1) is 0 Å². The molecule has 1 aliphatic rings. The lowest BCUT2D eigenvalue weighted by Crippen LogP contribution is -2.48. The van der Waals surface area contributed by atoms with Gasteiger partial charge in [-0.25, -0.2) is 8.42 Å². The molecule has 2 aromatic rings. The number of phenolic OH excluding ortho intramolecular Hbond substituents is 1. The van der Waals surface area contributed by atoms with Crippen molar-refractivity contribution in [3.05, 3.63) is 54.1 Å². The van der Waals surface area contributed by atoms with Crippen LogP contribution in [0.25, 0.3) is 0 Å². The number of anilines is 1. The molecule has 1 N–H and O–H groups in total. The number of benzene rings is 2. The van der Waals surface area contributed by atoms with E-state index in [4.69, 9.17) is 0 Å². The Kier molecular flexibility index (Phi) is 4.85. The summed E-state index contributed by atoms with van der Waals surface area (Å²) in [5, 5.41) is 9.32. The molecule has 0 radical (unpaired) electrons. The van der Waals surface area contributed by atoms with Crippen LogP contribution in [0.1, 0.15) is 5.56 Å². The van der Waals surface area contributed by atoms with Crippen molar-refractivity contribution in [2.75, 3.05) is 31.1 Å². The summed E-state index contributed by atoms with van der Waals surface area (Å²) in [5.74, 6) is 0.124. The molecule has 0 unspecified atom stereocenters. The first-order chi connectivity index (χ1) is 12.2. The molecule has 140 valence electrons. The van der Waals surface area contributed by atoms with Crippen molar-refractivity contribution in [3.8, 4) is 5.75 Å². The molecule has 0 spiro atoms. The number of alkyl halides is 3. The quantitative estimate of drug-likeness (QED) is 0.881. The summed E-state index contributed by atoms with van der Waals surface area (Å²) in [6, 6.07) is 10.7. The third kappa shape index (κ3) is 3.63. The molecular formula is C17H17F3N2O3S. The number of sulfonamides is 1. The second kappa shape index (κ2) is 6.81. The minimum atomic E-state index is -4.74. The highest BCUT2D eigenvalue weighted by atomic mass is 32.2. The molecule has 1 aliphatic heterocycles. The molecule has 0 bridgehead atoms. The fourth-order valence-corrected chi connectivity index (χ4v) is 4.55. The largest absolute Gasteiger partial charge is 0.508 e. The van der Waals surface area contributed by atoms with Crippen molar-refractivity contribution in [2.24, 2.45) is 0 Å². The fraction of sp³-hybridized carbons (Fsp3) is 0.294. The van der Waals surface area contributed by atoms with Gasteiger partial charge in [0, 0.05) is 31.9 Å². The highest BCUT2D eigenvalue weighted by Gasteiger charge is 2.39. The summed E-state index contributed by atoms with van der Waals surface area (Å²) in [7, 11) is -4.24. The van der Waals surface area contributed by atoms with E-state index in [0.717, 1.165) is 22.1 Å². The summed E-state index contributed by atoms with van der Waals surface area (Å²) in [6.07, 6.45) is -4.74. The Hall–Kier alpha value is -2.26. The van der Waals surface area contributed by atoms with Gasteiger partial charge in [-0.3, -0.25) is 0 Å². The zero-order valence-corrected chi connectivity index (χ0v) is 14.5. The predicted octanol–water partition coefficient (Wildman–Crippen LogP) is 2.92. The topological polar surface area (TPSA) is 60.9 Å². The number of phenols is 1. The van der Waals surface area contributed by atoms with Crippen molar-refractivity contribution < 1.29 is 26.7 Å². The van der Waals surface area contributed by atoms with Gasteiger partial charge in [0.25, 0.3) is 0 Å². The van der Waals surface area contributed by atoms with Crippen LogP contribution in [0.15, 0.2) is 53.4 Å². The molecule has 9 heteroatoms. The van der Waals surface area contributed by atoms with Crippen LogP contribution in [0.3, 0.4) is 0 Å². The van der Waals surface area contributed by atoms with E-state index in [1.165, 1.54) is 24.3 Å². The summed E-state index contributed by atoms with van der Waals surface area (Å²) in [5.41, 5.74) is -0.337. The van der Waals surface area contributed by atoms with Crippen LogP contribution < -0.4 is 4.90 Å². The zero-order chi connectivity index (χ0) is 18.9. The highest BCUT2D eigenvalue weighted by Crippen LogP contribution is 2.35. The van der Waals surface area contributed by atoms with E-state index in [1.807, 2.05) is 4.90 Å². The number of nitrogens with zero attached hydrogens (tertiary/aromatic N) is 2. The Morgan fingerprint density at radius 1 is 0.885 bits per heavy atom. The molecule has 0 aliphatic carbocycles. The molecule has 0 amide bonds. The minimum absolute atomic E-state index is 0.0788. The zero-order valence-electron chi connectivity index (χ0n) is 13.6. The second-order valence-electron chi connectivity index (χ2n) is 5.90. The van der Waals surface area contributed by atoms with Crippen molar-refractivity contribution in [1.29, 1.82) is 0 Å². The first-order valence-electron chi connectivity index (χ1n) is 7.90. The van der Waals surface area contributed by atoms with Gasteiger partial charge in [0.15, 0.2) is 0 Å². The van der Waals surface area contributed by atoms with Gasteiger partial charge >= 0.3 is 6.18 Å². The molecule has 0 atom stereocenters. The van der Waals surface area contributed by atoms with Crippen LogP contribution >= 0.6 is 0 Å². The van der Waals surface area contributed by atoms with Gasteiger partial charge in [0.2, 0.25) is 10.0 Å². The average Bonchev–Trinajstić information content (AvgIpc) is 2.62. The molecule has 1 fully saturated rings. The fourth-order valence-electron chi connectivity index (χ4n) is 2.91. The number of piperazine rings is 1. The molecule has 5 nitrogen and oxygen atoms in total. The van der Waals surface area contributed by atoms with E-state index >= 15 is 0 Å². The smallest absolute Gasteiger partial charge is 0.417 e. The Bertz CT molecular complexity index is 875. The van der Waals surface area contributed by atoms with Crippen molar-refractivity contribution in [3.63, 3.8) is 0 Å². The number of halogens is 3. The second-order valence-corrected chi connectivity index (χ2v) is 7.81. The Morgan fingerprint density at radius 2 is 1.46 bits per heavy atom. The summed E-state index contributed by atoms with van der Waals surface area (Å²) in [4.78, 5) is 1.20. The van der Waals surface area contributed by atoms with Crippen molar-refractivity contribution in [1.82, 2.24) is 4.31 Å². The van der Waals surface area contributed by atoms with Crippen LogP contribution in [-0.2, 0) is 16.2 Å². The van der Waals surface area contributed by atoms with Crippen molar-refractivity contribution >= 4 is 15.7 Å². The first kappa shape index (κ1) is 18.5. The van der Waals surface area contributed by atoms with E-state index in [1.54, 1.807) is 12.1 Å². The third-order valence-electron chi connectivity index (χ3n) is 4.26. The van der Waals surface area contributed by atoms with Gasteiger partial charge in [-0.15, -0.1) is 0 Å². The Morgan fingerprint density at radius 3 is 2.04 bits per heavy atom. The monoisotopic (exact) mass is 386 g/mol. The number of hydrogen-bond donors (Lipinski definition) is 1. The molecular weight excluding hydrogens is 369 g/mol. The van der Waals surface area contributed by atoms with Crippen LogP contribution in [-0.4, -0.2) is 44.0 Å². The lowest BCUT2D eigenvalue weighted by molar-refractivity contribution is -0.139. The molecule has 3 rings (SSSR count). The molecule has 2 aromatic carbocycles. The number of rotatable bonds is 3. The molecule has 26 heavy (non-hydrogen) atoms. The van der Waals surface area contributed by atoms with Crippen LogP contribution in [0.2, 0.25) is 0 Å². The maximum Gasteiger partial charge on any atom is 0.417 e. The summed E-state index contributed by atoms with van der Waals surface area (Å²) >= 11 is 0. The molecule has 1 saturated heterocycles. The predicted molar refractivity (Wildman–Crippen MR) is 90.5 cm³/mol. The van der Waals surface area contributed by atoms with Gasteiger partial charge in [0.1, 0.15) is 5.75 Å². The maximum atomic E-state index is 13.2. The highest BCUT2D eigenvalue weighted by molar-refractivity contribution is 7.89.